The van der Waals surface area contributed by atoms with E-state index in [0.717, 1.165) is 15.2 Å². The van der Waals surface area contributed by atoms with E-state index in [2.05, 4.69) is 31.9 Å². The molecule has 18 heavy (non-hydrogen) atoms. The molecular formula is C12H10Br2ClNO2. The Morgan fingerprint density at radius 1 is 1.44 bits per heavy atom. The number of benzene rings is 1. The molecule has 1 aliphatic rings. The molecule has 0 aromatic heterocycles. The van der Waals surface area contributed by atoms with Crippen molar-refractivity contribution in [3.05, 3.63) is 26.6 Å². The zero-order valence-corrected chi connectivity index (χ0v) is 13.3. The van der Waals surface area contributed by atoms with Crippen LogP contribution in [-0.4, -0.2) is 24.6 Å². The van der Waals surface area contributed by atoms with E-state index in [0.29, 0.717) is 30.1 Å². The third-order valence-corrected chi connectivity index (χ3v) is 4.38. The largest absolute Gasteiger partial charge is 0.310 e. The highest BCUT2D eigenvalue weighted by Crippen LogP contribution is 2.36. The highest BCUT2D eigenvalue weighted by atomic mass is 79.9. The summed E-state index contributed by atoms with van der Waals surface area (Å²) < 4.78 is 1.52. The van der Waals surface area contributed by atoms with Crippen LogP contribution in [0.4, 0.5) is 5.69 Å². The van der Waals surface area contributed by atoms with Crippen molar-refractivity contribution < 1.29 is 9.59 Å². The van der Waals surface area contributed by atoms with Crippen LogP contribution in [0, 0.1) is 5.92 Å². The molecule has 0 saturated carbocycles. The van der Waals surface area contributed by atoms with E-state index in [1.807, 2.05) is 6.07 Å². The Bertz CT molecular complexity index is 507. The van der Waals surface area contributed by atoms with Gasteiger partial charge in [0.25, 0.3) is 0 Å². The van der Waals surface area contributed by atoms with E-state index in [9.17, 15) is 9.59 Å². The summed E-state index contributed by atoms with van der Waals surface area (Å²) in [7, 11) is 0. The predicted octanol–water partition coefficient (Wildman–Crippen LogP) is 3.62. The summed E-state index contributed by atoms with van der Waals surface area (Å²) in [6.45, 7) is 0.559. The molecule has 6 heteroatoms. The van der Waals surface area contributed by atoms with Crippen molar-refractivity contribution >= 4 is 61.3 Å². The third-order valence-electron chi connectivity index (χ3n) is 2.88. The fourth-order valence-electron chi connectivity index (χ4n) is 2.06. The van der Waals surface area contributed by atoms with E-state index >= 15 is 0 Å². The minimum absolute atomic E-state index is 0.00627. The molecule has 2 rings (SSSR count). The number of aldehydes is 1. The lowest BCUT2D eigenvalue weighted by Crippen LogP contribution is -2.26. The summed E-state index contributed by atoms with van der Waals surface area (Å²) in [5, 5.41) is 0. The molecule has 1 aromatic rings. The molecule has 1 atom stereocenters. The summed E-state index contributed by atoms with van der Waals surface area (Å²) >= 11 is 12.5. The topological polar surface area (TPSA) is 37.4 Å². The van der Waals surface area contributed by atoms with Crippen LogP contribution in [0.5, 0.6) is 0 Å². The Morgan fingerprint density at radius 3 is 2.72 bits per heavy atom. The molecule has 0 aliphatic carbocycles. The lowest BCUT2D eigenvalue weighted by atomic mass is 10.1. The number of rotatable bonds is 3. The van der Waals surface area contributed by atoms with Gasteiger partial charge in [0.15, 0.2) is 6.29 Å². The molecular weight excluding hydrogens is 385 g/mol. The molecule has 0 bridgehead atoms. The highest BCUT2D eigenvalue weighted by molar-refractivity contribution is 9.11. The zero-order chi connectivity index (χ0) is 13.3. The first-order valence-electron chi connectivity index (χ1n) is 5.37. The Kier molecular flexibility index (Phi) is 4.45. The van der Waals surface area contributed by atoms with Crippen molar-refractivity contribution in [2.45, 2.75) is 6.42 Å². The van der Waals surface area contributed by atoms with E-state index in [1.165, 1.54) is 0 Å². The van der Waals surface area contributed by atoms with Crippen LogP contribution in [0.3, 0.4) is 0 Å². The van der Waals surface area contributed by atoms with Crippen molar-refractivity contribution in [3.8, 4) is 0 Å². The zero-order valence-electron chi connectivity index (χ0n) is 9.33. The predicted molar refractivity (Wildman–Crippen MR) is 78.4 cm³/mol. The molecule has 0 spiro atoms. The second-order valence-electron chi connectivity index (χ2n) is 4.17. The summed E-state index contributed by atoms with van der Waals surface area (Å²) in [5.74, 6) is 0.605. The number of nitrogens with zero attached hydrogens (tertiary/aromatic N) is 1. The molecule has 1 aliphatic heterocycles. The van der Waals surface area contributed by atoms with Crippen molar-refractivity contribution in [1.29, 1.82) is 0 Å². The molecule has 1 saturated heterocycles. The Balaban J connectivity index is 2.45. The first-order chi connectivity index (χ1) is 8.56. The summed E-state index contributed by atoms with van der Waals surface area (Å²) in [5.41, 5.74) is 1.12. The lowest BCUT2D eigenvalue weighted by Gasteiger charge is -2.20. The van der Waals surface area contributed by atoms with E-state index in [4.69, 9.17) is 11.6 Å². The van der Waals surface area contributed by atoms with E-state index in [1.54, 1.807) is 11.0 Å². The fourth-order valence-corrected chi connectivity index (χ4v) is 3.74. The number of hydrogen-bond acceptors (Lipinski definition) is 2. The third kappa shape index (κ3) is 2.63. The number of halogens is 3. The Labute approximate surface area is 127 Å². The monoisotopic (exact) mass is 393 g/mol. The Morgan fingerprint density at radius 2 is 2.17 bits per heavy atom. The molecule has 1 heterocycles. The van der Waals surface area contributed by atoms with Crippen molar-refractivity contribution in [3.63, 3.8) is 0 Å². The molecule has 1 fully saturated rings. The molecule has 96 valence electrons. The number of hydrogen-bond donors (Lipinski definition) is 0. The standard InChI is InChI=1S/C12H10Br2ClNO2/c13-9-2-8(6-17)12(10(14)3-9)16-5-7(4-15)1-11(16)18/h2-3,6-7H,1,4-5H2. The van der Waals surface area contributed by atoms with Crippen LogP contribution in [0.2, 0.25) is 0 Å². The minimum atomic E-state index is 0.00627. The molecule has 3 nitrogen and oxygen atoms in total. The van der Waals surface area contributed by atoms with Gasteiger partial charge >= 0.3 is 0 Å². The molecule has 0 radical (unpaired) electrons. The number of amides is 1. The van der Waals surface area contributed by atoms with Crippen molar-refractivity contribution in [1.82, 2.24) is 0 Å². The second-order valence-corrected chi connectivity index (χ2v) is 6.25. The maximum absolute atomic E-state index is 12.0. The maximum Gasteiger partial charge on any atom is 0.227 e. The van der Waals surface area contributed by atoms with E-state index in [-0.39, 0.29) is 11.8 Å². The van der Waals surface area contributed by atoms with Crippen LogP contribution in [0.15, 0.2) is 21.1 Å². The van der Waals surface area contributed by atoms with Gasteiger partial charge in [0.05, 0.1) is 5.69 Å². The number of alkyl halides is 1. The number of carbonyl (C=O) groups excluding carboxylic acids is 2. The minimum Gasteiger partial charge on any atom is -0.310 e. The molecule has 0 N–H and O–H groups in total. The average Bonchev–Trinajstić information content (AvgIpc) is 2.69. The van der Waals surface area contributed by atoms with Crippen molar-refractivity contribution in [2.75, 3.05) is 17.3 Å². The van der Waals surface area contributed by atoms with Gasteiger partial charge in [-0.3, -0.25) is 9.59 Å². The van der Waals surface area contributed by atoms with E-state index < -0.39 is 0 Å². The van der Waals surface area contributed by atoms with Crippen LogP contribution >= 0.6 is 43.5 Å². The van der Waals surface area contributed by atoms with Gasteiger partial charge in [0, 0.05) is 33.4 Å². The molecule has 1 aromatic carbocycles. The highest BCUT2D eigenvalue weighted by Gasteiger charge is 2.32. The van der Waals surface area contributed by atoms with Crippen LogP contribution in [0.25, 0.3) is 0 Å². The van der Waals surface area contributed by atoms with Crippen molar-refractivity contribution in [2.24, 2.45) is 5.92 Å². The van der Waals surface area contributed by atoms with Gasteiger partial charge in [0.1, 0.15) is 0 Å². The SMILES string of the molecule is O=Cc1cc(Br)cc(Br)c1N1CC(CCl)CC1=O. The van der Waals surface area contributed by atoms with Gasteiger partial charge in [0.2, 0.25) is 5.91 Å². The first-order valence-corrected chi connectivity index (χ1v) is 7.49. The first kappa shape index (κ1) is 14.0. The molecule has 1 unspecified atom stereocenters. The van der Waals surface area contributed by atoms with Gasteiger partial charge in [-0.15, -0.1) is 11.6 Å². The molecule has 1 amide bonds. The Hall–Kier alpha value is -0.390. The van der Waals surface area contributed by atoms with Crippen LogP contribution < -0.4 is 4.90 Å². The van der Waals surface area contributed by atoms with Gasteiger partial charge in [-0.1, -0.05) is 15.9 Å². The smallest absolute Gasteiger partial charge is 0.227 e. The lowest BCUT2D eigenvalue weighted by molar-refractivity contribution is -0.117. The quantitative estimate of drug-likeness (QED) is 0.579. The summed E-state index contributed by atoms with van der Waals surface area (Å²) in [4.78, 5) is 24.7. The van der Waals surface area contributed by atoms with Gasteiger partial charge < -0.3 is 4.90 Å². The normalized spacial score (nSPS) is 19.4. The fraction of sp³-hybridized carbons (Fsp3) is 0.333. The maximum atomic E-state index is 12.0. The van der Waals surface area contributed by atoms with Crippen LogP contribution in [0.1, 0.15) is 16.8 Å². The van der Waals surface area contributed by atoms with Crippen LogP contribution in [-0.2, 0) is 4.79 Å². The van der Waals surface area contributed by atoms with Gasteiger partial charge in [-0.25, -0.2) is 0 Å². The summed E-state index contributed by atoms with van der Waals surface area (Å²) in [6.07, 6.45) is 1.19. The number of anilines is 1. The average molecular weight is 395 g/mol. The second kappa shape index (κ2) is 5.72. The van der Waals surface area contributed by atoms with Gasteiger partial charge in [-0.05, 0) is 34.0 Å². The number of carbonyl (C=O) groups is 2. The summed E-state index contributed by atoms with van der Waals surface area (Å²) in [6, 6.07) is 3.53. The van der Waals surface area contributed by atoms with Gasteiger partial charge in [-0.2, -0.15) is 0 Å².